The molecule has 0 aliphatic carbocycles. The number of hydrogen-bond acceptors (Lipinski definition) is 5. The first-order valence-electron chi connectivity index (χ1n) is 7.29. The molecule has 0 bridgehead atoms. The molecule has 1 aromatic heterocycles. The molecule has 0 spiro atoms. The zero-order valence-electron chi connectivity index (χ0n) is 13.2. The van der Waals surface area contributed by atoms with Gasteiger partial charge in [-0.2, -0.15) is 5.10 Å². The molecule has 1 atom stereocenters. The predicted molar refractivity (Wildman–Crippen MR) is 80.3 cm³/mol. The molecule has 2 rings (SSSR count). The van der Waals surface area contributed by atoms with Gasteiger partial charge in [0.1, 0.15) is 5.60 Å². The van der Waals surface area contributed by atoms with Crippen LogP contribution in [0, 0.1) is 0 Å². The van der Waals surface area contributed by atoms with Crippen LogP contribution in [0.5, 0.6) is 0 Å². The second kappa shape index (κ2) is 6.35. The average Bonchev–Trinajstić information content (AvgIpc) is 2.98. The summed E-state index contributed by atoms with van der Waals surface area (Å²) < 4.78 is 5.37. The van der Waals surface area contributed by atoms with Crippen LogP contribution >= 0.6 is 0 Å². The van der Waals surface area contributed by atoms with Crippen molar-refractivity contribution in [3.63, 3.8) is 0 Å². The van der Waals surface area contributed by atoms with Crippen LogP contribution in [0.2, 0.25) is 0 Å². The van der Waals surface area contributed by atoms with Crippen LogP contribution < -0.4 is 5.73 Å². The van der Waals surface area contributed by atoms with E-state index in [1.54, 1.807) is 16.0 Å². The summed E-state index contributed by atoms with van der Waals surface area (Å²) in [5.41, 5.74) is 5.73. The number of ether oxygens (including phenoxy) is 1. The molecule has 1 aliphatic heterocycles. The second-order valence-corrected chi connectivity index (χ2v) is 6.30. The average molecular weight is 309 g/mol. The summed E-state index contributed by atoms with van der Waals surface area (Å²) >= 11 is 0. The van der Waals surface area contributed by atoms with Crippen molar-refractivity contribution >= 4 is 12.0 Å². The highest BCUT2D eigenvalue weighted by molar-refractivity contribution is 5.94. The monoisotopic (exact) mass is 309 g/mol. The Kier molecular flexibility index (Phi) is 4.70. The van der Waals surface area contributed by atoms with Crippen LogP contribution in [0.15, 0.2) is 12.4 Å². The van der Waals surface area contributed by atoms with Gasteiger partial charge < -0.3 is 20.3 Å². The molecule has 1 saturated heterocycles. The number of nitrogens with two attached hydrogens (primary N) is 1. The smallest absolute Gasteiger partial charge is 0.410 e. The summed E-state index contributed by atoms with van der Waals surface area (Å²) in [7, 11) is 0. The molecule has 0 radical (unpaired) electrons. The molecule has 1 aromatic rings. The predicted octanol–water partition coefficient (Wildman–Crippen LogP) is 0.430. The van der Waals surface area contributed by atoms with E-state index in [-0.39, 0.29) is 24.6 Å². The van der Waals surface area contributed by atoms with E-state index in [1.165, 1.54) is 6.20 Å². The standard InChI is InChI=1S/C14H23N5O3/c1-14(2,3)22-13(21)18-4-5-19(11(6-15)9-18)12(20)10-7-16-17-8-10/h7-8,11H,4-6,9,15H2,1-3H3,(H,16,17). The van der Waals surface area contributed by atoms with Crippen molar-refractivity contribution in [3.05, 3.63) is 18.0 Å². The molecule has 3 N–H and O–H groups in total. The maximum absolute atomic E-state index is 12.4. The van der Waals surface area contributed by atoms with Gasteiger partial charge in [0.15, 0.2) is 0 Å². The topological polar surface area (TPSA) is 105 Å². The van der Waals surface area contributed by atoms with E-state index >= 15 is 0 Å². The minimum absolute atomic E-state index is 0.131. The van der Waals surface area contributed by atoms with E-state index < -0.39 is 5.60 Å². The maximum atomic E-state index is 12.4. The van der Waals surface area contributed by atoms with Gasteiger partial charge in [0.25, 0.3) is 5.91 Å². The van der Waals surface area contributed by atoms with Crippen molar-refractivity contribution < 1.29 is 14.3 Å². The number of rotatable bonds is 2. The highest BCUT2D eigenvalue weighted by atomic mass is 16.6. The van der Waals surface area contributed by atoms with Gasteiger partial charge in [-0.1, -0.05) is 0 Å². The Morgan fingerprint density at radius 2 is 2.18 bits per heavy atom. The Balaban J connectivity index is 2.02. The number of aromatic nitrogens is 2. The van der Waals surface area contributed by atoms with E-state index in [2.05, 4.69) is 10.2 Å². The fourth-order valence-electron chi connectivity index (χ4n) is 2.35. The van der Waals surface area contributed by atoms with E-state index in [1.807, 2.05) is 20.8 Å². The van der Waals surface area contributed by atoms with E-state index in [0.29, 0.717) is 25.2 Å². The normalized spacial score (nSPS) is 19.2. The number of amides is 2. The Bertz CT molecular complexity index is 523. The molecular formula is C14H23N5O3. The number of carbonyl (C=O) groups is 2. The van der Waals surface area contributed by atoms with Crippen molar-refractivity contribution in [2.24, 2.45) is 5.73 Å². The summed E-state index contributed by atoms with van der Waals surface area (Å²) in [6, 6.07) is -0.233. The number of aromatic amines is 1. The number of hydrogen-bond donors (Lipinski definition) is 2. The maximum Gasteiger partial charge on any atom is 0.410 e. The lowest BCUT2D eigenvalue weighted by molar-refractivity contribution is 0.00528. The minimum atomic E-state index is -0.543. The summed E-state index contributed by atoms with van der Waals surface area (Å²) in [4.78, 5) is 27.8. The molecule has 1 unspecified atom stereocenters. The lowest BCUT2D eigenvalue weighted by Gasteiger charge is -2.41. The van der Waals surface area contributed by atoms with Crippen LogP contribution in [0.4, 0.5) is 4.79 Å². The molecule has 0 aromatic carbocycles. The number of H-pyrrole nitrogens is 1. The van der Waals surface area contributed by atoms with Crippen molar-refractivity contribution in [1.29, 1.82) is 0 Å². The summed E-state index contributed by atoms with van der Waals surface area (Å²) in [6.07, 6.45) is 2.66. The highest BCUT2D eigenvalue weighted by Gasteiger charge is 2.34. The lowest BCUT2D eigenvalue weighted by atomic mass is 10.1. The first kappa shape index (κ1) is 16.3. The summed E-state index contributed by atoms with van der Waals surface area (Å²) in [5.74, 6) is -0.131. The third kappa shape index (κ3) is 3.76. The van der Waals surface area contributed by atoms with Gasteiger partial charge in [0, 0.05) is 32.4 Å². The van der Waals surface area contributed by atoms with Gasteiger partial charge in [0.2, 0.25) is 0 Å². The van der Waals surface area contributed by atoms with Crippen LogP contribution in [-0.4, -0.2) is 69.8 Å². The van der Waals surface area contributed by atoms with Gasteiger partial charge in [-0.3, -0.25) is 9.89 Å². The van der Waals surface area contributed by atoms with E-state index in [9.17, 15) is 9.59 Å². The number of nitrogens with one attached hydrogen (secondary N) is 1. The van der Waals surface area contributed by atoms with Crippen molar-refractivity contribution in [3.8, 4) is 0 Å². The zero-order chi connectivity index (χ0) is 16.3. The first-order chi connectivity index (χ1) is 10.3. The van der Waals surface area contributed by atoms with E-state index in [0.717, 1.165) is 0 Å². The quantitative estimate of drug-likeness (QED) is 0.824. The third-order valence-electron chi connectivity index (χ3n) is 3.41. The van der Waals surface area contributed by atoms with Gasteiger partial charge in [0.05, 0.1) is 17.8 Å². The Morgan fingerprint density at radius 3 is 2.73 bits per heavy atom. The van der Waals surface area contributed by atoms with Crippen molar-refractivity contribution in [1.82, 2.24) is 20.0 Å². The Labute approximate surface area is 129 Å². The molecule has 22 heavy (non-hydrogen) atoms. The largest absolute Gasteiger partial charge is 0.444 e. The Morgan fingerprint density at radius 1 is 1.45 bits per heavy atom. The van der Waals surface area contributed by atoms with Gasteiger partial charge in [-0.25, -0.2) is 4.79 Å². The zero-order valence-corrected chi connectivity index (χ0v) is 13.2. The summed E-state index contributed by atoms with van der Waals surface area (Å²) in [6.45, 7) is 6.97. The van der Waals surface area contributed by atoms with Crippen LogP contribution in [0.3, 0.4) is 0 Å². The van der Waals surface area contributed by atoms with Gasteiger partial charge in [-0.05, 0) is 20.8 Å². The summed E-state index contributed by atoms with van der Waals surface area (Å²) in [5, 5.41) is 6.41. The van der Waals surface area contributed by atoms with Gasteiger partial charge in [-0.15, -0.1) is 0 Å². The SMILES string of the molecule is CC(C)(C)OC(=O)N1CCN(C(=O)c2cn[nH]c2)C(CN)C1. The third-order valence-corrected chi connectivity index (χ3v) is 3.41. The first-order valence-corrected chi connectivity index (χ1v) is 7.29. The number of carbonyl (C=O) groups excluding carboxylic acids is 2. The molecule has 8 nitrogen and oxygen atoms in total. The van der Waals surface area contributed by atoms with Crippen molar-refractivity contribution in [2.45, 2.75) is 32.4 Å². The molecule has 2 heterocycles. The molecule has 122 valence electrons. The second-order valence-electron chi connectivity index (χ2n) is 6.30. The molecular weight excluding hydrogens is 286 g/mol. The fourth-order valence-corrected chi connectivity index (χ4v) is 2.35. The number of nitrogens with zero attached hydrogens (tertiary/aromatic N) is 3. The molecule has 8 heteroatoms. The van der Waals surface area contributed by atoms with Crippen LogP contribution in [-0.2, 0) is 4.74 Å². The molecule has 1 aliphatic rings. The molecule has 2 amide bonds. The van der Waals surface area contributed by atoms with Crippen molar-refractivity contribution in [2.75, 3.05) is 26.2 Å². The van der Waals surface area contributed by atoms with E-state index in [4.69, 9.17) is 10.5 Å². The Hall–Kier alpha value is -2.09. The van der Waals surface area contributed by atoms with Gasteiger partial charge >= 0.3 is 6.09 Å². The minimum Gasteiger partial charge on any atom is -0.444 e. The van der Waals surface area contributed by atoms with Crippen LogP contribution in [0.25, 0.3) is 0 Å². The lowest BCUT2D eigenvalue weighted by Crippen LogP contribution is -2.59. The molecule has 0 saturated carbocycles. The van der Waals surface area contributed by atoms with Crippen LogP contribution in [0.1, 0.15) is 31.1 Å². The fraction of sp³-hybridized carbons (Fsp3) is 0.643. The number of piperazine rings is 1. The molecule has 1 fully saturated rings. The highest BCUT2D eigenvalue weighted by Crippen LogP contribution is 2.16.